The van der Waals surface area contributed by atoms with E-state index in [4.69, 9.17) is 4.74 Å². The fraction of sp³-hybridized carbons (Fsp3) is 0.625. The number of hydrogen-bond donors (Lipinski definition) is 1. The Hall–Kier alpha value is -0.510. The van der Waals surface area contributed by atoms with Crippen molar-refractivity contribution in [3.05, 3.63) is 29.3 Å². The Labute approximate surface area is 121 Å². The van der Waals surface area contributed by atoms with E-state index in [1.165, 1.54) is 22.4 Å². The summed E-state index contributed by atoms with van der Waals surface area (Å²) >= 11 is 1.96. The zero-order valence-electron chi connectivity index (χ0n) is 12.2. The van der Waals surface area contributed by atoms with Gasteiger partial charge in [0.05, 0.1) is 6.61 Å². The van der Waals surface area contributed by atoms with Crippen LogP contribution in [0.3, 0.4) is 0 Å². The van der Waals surface area contributed by atoms with Crippen molar-refractivity contribution in [3.8, 4) is 0 Å². The number of ether oxygens (including phenoxy) is 1. The van der Waals surface area contributed by atoms with Crippen LogP contribution >= 0.6 is 11.8 Å². The van der Waals surface area contributed by atoms with Crippen molar-refractivity contribution in [2.24, 2.45) is 5.92 Å². The smallest absolute Gasteiger partial charge is 0.0510 e. The van der Waals surface area contributed by atoms with Gasteiger partial charge in [0.2, 0.25) is 0 Å². The predicted molar refractivity (Wildman–Crippen MR) is 83.0 cm³/mol. The Bertz CT molecular complexity index is 402. The maximum Gasteiger partial charge on any atom is 0.0510 e. The van der Waals surface area contributed by atoms with Crippen LogP contribution in [0.25, 0.3) is 0 Å². The molecule has 1 aromatic carbocycles. The molecule has 0 amide bonds. The van der Waals surface area contributed by atoms with Gasteiger partial charge in [-0.2, -0.15) is 0 Å². The zero-order valence-corrected chi connectivity index (χ0v) is 13.1. The first-order valence-corrected chi connectivity index (χ1v) is 8.20. The molecule has 0 bridgehead atoms. The third kappa shape index (κ3) is 4.23. The molecule has 1 N–H and O–H groups in total. The molecule has 19 heavy (non-hydrogen) atoms. The van der Waals surface area contributed by atoms with Crippen molar-refractivity contribution in [1.29, 1.82) is 0 Å². The largest absolute Gasteiger partial charge is 0.381 e. The Balaban J connectivity index is 1.91. The van der Waals surface area contributed by atoms with Crippen molar-refractivity contribution in [3.63, 3.8) is 0 Å². The molecule has 1 aromatic rings. The van der Waals surface area contributed by atoms with Gasteiger partial charge in [0.25, 0.3) is 0 Å². The highest BCUT2D eigenvalue weighted by Crippen LogP contribution is 2.25. The molecule has 0 aliphatic carbocycles. The van der Waals surface area contributed by atoms with Crippen molar-refractivity contribution in [1.82, 2.24) is 5.32 Å². The highest BCUT2D eigenvalue weighted by Gasteiger charge is 2.25. The molecular weight excluding hydrogens is 254 g/mol. The van der Waals surface area contributed by atoms with Gasteiger partial charge < -0.3 is 10.1 Å². The molecule has 0 aromatic heterocycles. The van der Waals surface area contributed by atoms with Crippen LogP contribution in [0.15, 0.2) is 23.1 Å². The van der Waals surface area contributed by atoms with E-state index in [0.717, 1.165) is 25.5 Å². The summed E-state index contributed by atoms with van der Waals surface area (Å²) in [7, 11) is 0. The molecule has 1 aliphatic heterocycles. The Morgan fingerprint density at radius 2 is 2.21 bits per heavy atom. The lowest BCUT2D eigenvalue weighted by molar-refractivity contribution is 0.179. The van der Waals surface area contributed by atoms with Crippen LogP contribution in [0, 0.1) is 19.8 Å². The van der Waals surface area contributed by atoms with Gasteiger partial charge in [0.1, 0.15) is 0 Å². The SMILES string of the molecule is CCNC(CSc1ccc(C)c(C)c1)C1CCOC1. The van der Waals surface area contributed by atoms with Crippen molar-refractivity contribution >= 4 is 11.8 Å². The molecule has 1 fully saturated rings. The number of hydrogen-bond acceptors (Lipinski definition) is 3. The van der Waals surface area contributed by atoms with E-state index < -0.39 is 0 Å². The van der Waals surface area contributed by atoms with Crippen molar-refractivity contribution in [2.75, 3.05) is 25.5 Å². The van der Waals surface area contributed by atoms with Gasteiger partial charge in [-0.05, 0) is 50.1 Å². The average Bonchev–Trinajstić information content (AvgIpc) is 2.92. The molecule has 0 spiro atoms. The second-order valence-corrected chi connectivity index (χ2v) is 6.44. The topological polar surface area (TPSA) is 21.3 Å². The van der Waals surface area contributed by atoms with E-state index in [1.807, 2.05) is 11.8 Å². The summed E-state index contributed by atoms with van der Waals surface area (Å²) in [6.07, 6.45) is 1.20. The van der Waals surface area contributed by atoms with Gasteiger partial charge in [-0.3, -0.25) is 0 Å². The van der Waals surface area contributed by atoms with Crippen LogP contribution in [0.2, 0.25) is 0 Å². The molecule has 106 valence electrons. The number of aryl methyl sites for hydroxylation is 2. The van der Waals surface area contributed by atoms with E-state index >= 15 is 0 Å². The minimum Gasteiger partial charge on any atom is -0.381 e. The number of thioether (sulfide) groups is 1. The lowest BCUT2D eigenvalue weighted by atomic mass is 10.0. The lowest BCUT2D eigenvalue weighted by Crippen LogP contribution is -2.38. The highest BCUT2D eigenvalue weighted by molar-refractivity contribution is 7.99. The standard InChI is InChI=1S/C16H25NOS/c1-4-17-16(14-7-8-18-10-14)11-19-15-6-5-12(2)13(3)9-15/h5-6,9,14,16-17H,4,7-8,10-11H2,1-3H3. The third-order valence-electron chi connectivity index (χ3n) is 3.91. The van der Waals surface area contributed by atoms with Crippen LogP contribution in [0.5, 0.6) is 0 Å². The quantitative estimate of drug-likeness (QED) is 0.806. The molecule has 2 rings (SSSR count). The van der Waals surface area contributed by atoms with Crippen molar-refractivity contribution < 1.29 is 4.74 Å². The fourth-order valence-electron chi connectivity index (χ4n) is 2.48. The second kappa shape index (κ2) is 7.32. The molecule has 2 atom stereocenters. The summed E-state index contributed by atoms with van der Waals surface area (Å²) in [5.41, 5.74) is 2.76. The molecule has 1 heterocycles. The Morgan fingerprint density at radius 3 is 2.84 bits per heavy atom. The zero-order chi connectivity index (χ0) is 13.7. The number of benzene rings is 1. The normalized spacial score (nSPS) is 20.7. The van der Waals surface area contributed by atoms with Crippen LogP contribution in [0.1, 0.15) is 24.5 Å². The van der Waals surface area contributed by atoms with E-state index in [9.17, 15) is 0 Å². The molecule has 0 radical (unpaired) electrons. The first-order chi connectivity index (χ1) is 9.20. The van der Waals surface area contributed by atoms with Gasteiger partial charge in [-0.1, -0.05) is 13.0 Å². The van der Waals surface area contributed by atoms with E-state index in [1.54, 1.807) is 0 Å². The Kier molecular flexibility index (Phi) is 5.74. The molecular formula is C16H25NOS. The van der Waals surface area contributed by atoms with Gasteiger partial charge in [-0.25, -0.2) is 0 Å². The van der Waals surface area contributed by atoms with E-state index in [0.29, 0.717) is 12.0 Å². The van der Waals surface area contributed by atoms with Crippen LogP contribution in [-0.2, 0) is 4.74 Å². The molecule has 1 saturated heterocycles. The number of nitrogens with one attached hydrogen (secondary N) is 1. The number of rotatable bonds is 6. The first kappa shape index (κ1) is 14.9. The monoisotopic (exact) mass is 279 g/mol. The van der Waals surface area contributed by atoms with Crippen molar-refractivity contribution in [2.45, 2.75) is 38.1 Å². The van der Waals surface area contributed by atoms with Crippen LogP contribution < -0.4 is 5.32 Å². The van der Waals surface area contributed by atoms with Gasteiger partial charge >= 0.3 is 0 Å². The highest BCUT2D eigenvalue weighted by atomic mass is 32.2. The molecule has 1 aliphatic rings. The minimum absolute atomic E-state index is 0.569. The minimum atomic E-state index is 0.569. The fourth-order valence-corrected chi connectivity index (χ4v) is 3.67. The third-order valence-corrected chi connectivity index (χ3v) is 5.02. The maximum atomic E-state index is 5.52. The lowest BCUT2D eigenvalue weighted by Gasteiger charge is -2.23. The van der Waals surface area contributed by atoms with E-state index in [2.05, 4.69) is 44.3 Å². The average molecular weight is 279 g/mol. The maximum absolute atomic E-state index is 5.52. The molecule has 2 unspecified atom stereocenters. The molecule has 2 nitrogen and oxygen atoms in total. The van der Waals surface area contributed by atoms with Crippen LogP contribution in [-0.4, -0.2) is 31.6 Å². The summed E-state index contributed by atoms with van der Waals surface area (Å²) in [5.74, 6) is 1.81. The molecule has 3 heteroatoms. The predicted octanol–water partition coefficient (Wildman–Crippen LogP) is 3.41. The molecule has 0 saturated carbocycles. The second-order valence-electron chi connectivity index (χ2n) is 5.34. The summed E-state index contributed by atoms with van der Waals surface area (Å²) < 4.78 is 5.52. The summed E-state index contributed by atoms with van der Waals surface area (Å²) in [4.78, 5) is 1.38. The first-order valence-electron chi connectivity index (χ1n) is 7.22. The van der Waals surface area contributed by atoms with Gasteiger partial charge in [-0.15, -0.1) is 11.8 Å². The Morgan fingerprint density at radius 1 is 1.37 bits per heavy atom. The van der Waals surface area contributed by atoms with Gasteiger partial charge in [0.15, 0.2) is 0 Å². The summed E-state index contributed by atoms with van der Waals surface area (Å²) in [6.45, 7) is 9.43. The van der Waals surface area contributed by atoms with Gasteiger partial charge in [0, 0.05) is 29.2 Å². The van der Waals surface area contributed by atoms with Crippen LogP contribution in [0.4, 0.5) is 0 Å². The summed E-state index contributed by atoms with van der Waals surface area (Å²) in [5, 5.41) is 3.62. The summed E-state index contributed by atoms with van der Waals surface area (Å²) in [6, 6.07) is 7.33. The van der Waals surface area contributed by atoms with E-state index in [-0.39, 0.29) is 0 Å².